The summed E-state index contributed by atoms with van der Waals surface area (Å²) in [5.74, 6) is 1.54. The molecule has 0 saturated carbocycles. The third-order valence-electron chi connectivity index (χ3n) is 5.47. The number of fused-ring (bicyclic) bond motifs is 3. The highest BCUT2D eigenvalue weighted by atomic mass is 79.9. The van der Waals surface area contributed by atoms with Crippen molar-refractivity contribution in [3.05, 3.63) is 106 Å². The van der Waals surface area contributed by atoms with Gasteiger partial charge in [-0.05, 0) is 41.5 Å². The molecule has 0 aliphatic carbocycles. The Morgan fingerprint density at radius 3 is 2.77 bits per heavy atom. The van der Waals surface area contributed by atoms with Gasteiger partial charge >= 0.3 is 0 Å². The predicted molar refractivity (Wildman–Crippen MR) is 117 cm³/mol. The Labute approximate surface area is 181 Å². The quantitative estimate of drug-likeness (QED) is 0.458. The van der Waals surface area contributed by atoms with E-state index in [0.717, 1.165) is 38.2 Å². The van der Waals surface area contributed by atoms with Crippen LogP contribution in [0.15, 0.2) is 89.4 Å². The Balaban J connectivity index is 1.64. The lowest BCUT2D eigenvalue weighted by molar-refractivity contribution is 0.223. The molecule has 6 rings (SSSR count). The lowest BCUT2D eigenvalue weighted by Crippen LogP contribution is -2.32. The lowest BCUT2D eigenvalue weighted by Gasteiger charge is -2.38. The van der Waals surface area contributed by atoms with Crippen molar-refractivity contribution in [2.75, 3.05) is 5.32 Å². The van der Waals surface area contributed by atoms with Gasteiger partial charge in [-0.25, -0.2) is 4.68 Å². The number of aromatic nitrogens is 4. The van der Waals surface area contributed by atoms with Gasteiger partial charge in [-0.2, -0.15) is 10.1 Å². The maximum atomic E-state index is 6.59. The molecule has 2 aliphatic heterocycles. The summed E-state index contributed by atoms with van der Waals surface area (Å²) in [6.45, 7) is 0. The van der Waals surface area contributed by atoms with Crippen molar-refractivity contribution in [2.45, 2.75) is 12.1 Å². The van der Waals surface area contributed by atoms with E-state index in [1.54, 1.807) is 12.5 Å². The summed E-state index contributed by atoms with van der Waals surface area (Å²) in [6.07, 6.45) is 4.94. The zero-order valence-corrected chi connectivity index (χ0v) is 17.3. The average Bonchev–Trinajstić information content (AvgIpc) is 3.26. The minimum Gasteiger partial charge on any atom is -0.480 e. The second-order valence-electron chi connectivity index (χ2n) is 7.22. The lowest BCUT2D eigenvalue weighted by atomic mass is 9.85. The van der Waals surface area contributed by atoms with Crippen LogP contribution in [-0.4, -0.2) is 19.7 Å². The molecule has 1 N–H and O–H groups in total. The monoisotopic (exact) mass is 457 g/mol. The first-order valence-corrected chi connectivity index (χ1v) is 10.4. The van der Waals surface area contributed by atoms with Gasteiger partial charge in [0.1, 0.15) is 24.2 Å². The summed E-state index contributed by atoms with van der Waals surface area (Å²) in [4.78, 5) is 8.80. The standard InChI is InChI=1S/C23H16BrN5O/c24-16-7-3-5-14(11-16)22-19-20(17-8-1-2-9-18(17)30-22)28-23-26-13-27-29(23)21(19)15-6-4-10-25-12-15/h1-13,21-22H,(H,26,27,28)/t21-,22-/m0/s1. The highest BCUT2D eigenvalue weighted by Crippen LogP contribution is 2.50. The van der Waals surface area contributed by atoms with Crippen molar-refractivity contribution in [2.24, 2.45) is 0 Å². The topological polar surface area (TPSA) is 64.9 Å². The van der Waals surface area contributed by atoms with Gasteiger partial charge in [0.25, 0.3) is 0 Å². The first kappa shape index (κ1) is 17.4. The van der Waals surface area contributed by atoms with E-state index in [1.165, 1.54) is 0 Å². The van der Waals surface area contributed by atoms with Crippen LogP contribution >= 0.6 is 15.9 Å². The number of anilines is 1. The van der Waals surface area contributed by atoms with Crippen molar-refractivity contribution < 1.29 is 4.74 Å². The van der Waals surface area contributed by atoms with Gasteiger partial charge in [0, 0.05) is 28.0 Å². The minimum absolute atomic E-state index is 0.190. The van der Waals surface area contributed by atoms with E-state index in [-0.39, 0.29) is 12.1 Å². The van der Waals surface area contributed by atoms with Crippen LogP contribution in [0.25, 0.3) is 5.70 Å². The van der Waals surface area contributed by atoms with Gasteiger partial charge in [-0.3, -0.25) is 4.98 Å². The van der Waals surface area contributed by atoms with Crippen LogP contribution in [0.5, 0.6) is 5.75 Å². The van der Waals surface area contributed by atoms with Crippen molar-refractivity contribution in [1.82, 2.24) is 19.7 Å². The molecule has 0 radical (unpaired) electrons. The van der Waals surface area contributed by atoms with Gasteiger partial charge in [-0.15, -0.1) is 0 Å². The number of rotatable bonds is 2. The first-order valence-electron chi connectivity index (χ1n) is 9.61. The summed E-state index contributed by atoms with van der Waals surface area (Å²) in [6, 6.07) is 20.1. The normalized spacial score (nSPS) is 19.2. The van der Waals surface area contributed by atoms with Crippen molar-refractivity contribution >= 4 is 27.6 Å². The fraction of sp³-hybridized carbons (Fsp3) is 0.0870. The first-order chi connectivity index (χ1) is 14.8. The van der Waals surface area contributed by atoms with Crippen LogP contribution in [0.2, 0.25) is 0 Å². The zero-order chi connectivity index (χ0) is 20.1. The summed E-state index contributed by atoms with van der Waals surface area (Å²) >= 11 is 3.60. The average molecular weight is 458 g/mol. The third kappa shape index (κ3) is 2.66. The van der Waals surface area contributed by atoms with Crippen LogP contribution in [0.1, 0.15) is 28.8 Å². The molecule has 2 atom stereocenters. The van der Waals surface area contributed by atoms with Gasteiger partial charge < -0.3 is 10.1 Å². The SMILES string of the molecule is Brc1cccc([C@@H]2Oc3ccccc3C3=C2[C@H](c2cccnc2)n2ncnc2N3)c1. The Hall–Kier alpha value is -3.45. The Morgan fingerprint density at radius 2 is 1.90 bits per heavy atom. The number of nitrogens with zero attached hydrogens (tertiary/aromatic N) is 4. The molecule has 7 heteroatoms. The van der Waals surface area contributed by atoms with Gasteiger partial charge in [0.2, 0.25) is 5.95 Å². The summed E-state index contributed by atoms with van der Waals surface area (Å²) < 4.78 is 9.49. The summed E-state index contributed by atoms with van der Waals surface area (Å²) in [5.41, 5.74) is 5.20. The molecule has 0 unspecified atom stereocenters. The van der Waals surface area contributed by atoms with E-state index in [0.29, 0.717) is 5.95 Å². The summed E-state index contributed by atoms with van der Waals surface area (Å²) in [7, 11) is 0. The molecule has 0 spiro atoms. The van der Waals surface area contributed by atoms with E-state index in [9.17, 15) is 0 Å². The Kier molecular flexibility index (Phi) is 3.95. The van der Waals surface area contributed by atoms with Crippen molar-refractivity contribution in [1.29, 1.82) is 0 Å². The predicted octanol–water partition coefficient (Wildman–Crippen LogP) is 5.00. The number of para-hydroxylation sites is 1. The highest BCUT2D eigenvalue weighted by Gasteiger charge is 2.40. The van der Waals surface area contributed by atoms with Crippen LogP contribution in [-0.2, 0) is 0 Å². The zero-order valence-electron chi connectivity index (χ0n) is 15.7. The van der Waals surface area contributed by atoms with E-state index in [4.69, 9.17) is 4.74 Å². The maximum Gasteiger partial charge on any atom is 0.226 e. The largest absolute Gasteiger partial charge is 0.480 e. The Morgan fingerprint density at radius 1 is 1.00 bits per heavy atom. The van der Waals surface area contributed by atoms with Crippen LogP contribution < -0.4 is 10.1 Å². The number of pyridine rings is 1. The molecule has 4 heterocycles. The number of ether oxygens (including phenoxy) is 1. The van der Waals surface area contributed by atoms with E-state index in [2.05, 4.69) is 60.6 Å². The van der Waals surface area contributed by atoms with Crippen LogP contribution in [0.3, 0.4) is 0 Å². The molecule has 2 aromatic heterocycles. The number of nitrogens with one attached hydrogen (secondary N) is 1. The number of hydrogen-bond acceptors (Lipinski definition) is 5. The molecular weight excluding hydrogens is 442 g/mol. The third-order valence-corrected chi connectivity index (χ3v) is 5.97. The van der Waals surface area contributed by atoms with E-state index in [1.807, 2.05) is 47.3 Å². The second-order valence-corrected chi connectivity index (χ2v) is 8.14. The fourth-order valence-corrected chi connectivity index (χ4v) is 4.64. The molecule has 4 aromatic rings. The number of halogens is 1. The van der Waals surface area contributed by atoms with Crippen molar-refractivity contribution in [3.8, 4) is 5.75 Å². The van der Waals surface area contributed by atoms with Crippen LogP contribution in [0, 0.1) is 0 Å². The molecule has 6 nitrogen and oxygen atoms in total. The maximum absolute atomic E-state index is 6.59. The summed E-state index contributed by atoms with van der Waals surface area (Å²) in [5, 5.41) is 8.03. The highest BCUT2D eigenvalue weighted by molar-refractivity contribution is 9.10. The van der Waals surface area contributed by atoms with Gasteiger partial charge in [0.15, 0.2) is 0 Å². The van der Waals surface area contributed by atoms with Crippen molar-refractivity contribution in [3.63, 3.8) is 0 Å². The number of benzene rings is 2. The molecular formula is C23H16BrN5O. The molecule has 146 valence electrons. The van der Waals surface area contributed by atoms with Crippen LogP contribution in [0.4, 0.5) is 5.95 Å². The molecule has 0 fully saturated rings. The molecule has 0 saturated heterocycles. The molecule has 2 aromatic carbocycles. The van der Waals surface area contributed by atoms with Gasteiger partial charge in [-0.1, -0.05) is 46.3 Å². The second kappa shape index (κ2) is 6.81. The van der Waals surface area contributed by atoms with Gasteiger partial charge in [0.05, 0.1) is 5.70 Å². The molecule has 30 heavy (non-hydrogen) atoms. The van der Waals surface area contributed by atoms with E-state index < -0.39 is 0 Å². The fourth-order valence-electron chi connectivity index (χ4n) is 4.22. The van der Waals surface area contributed by atoms with E-state index >= 15 is 0 Å². The molecule has 2 aliphatic rings. The molecule has 0 bridgehead atoms. The molecule has 0 amide bonds. The Bertz CT molecular complexity index is 1280. The minimum atomic E-state index is -0.289. The number of hydrogen-bond donors (Lipinski definition) is 1. The smallest absolute Gasteiger partial charge is 0.226 e.